The van der Waals surface area contributed by atoms with E-state index in [1.54, 1.807) is 0 Å². The number of anilines is 2. The number of hydrogen-bond acceptors (Lipinski definition) is 6. The maximum absolute atomic E-state index is 5.97. The predicted molar refractivity (Wildman–Crippen MR) is 77.9 cm³/mol. The zero-order chi connectivity index (χ0) is 13.8. The van der Waals surface area contributed by atoms with Crippen LogP contribution in [0.1, 0.15) is 19.8 Å². The number of nitrogens with one attached hydrogen (secondary N) is 1. The van der Waals surface area contributed by atoms with Crippen molar-refractivity contribution in [1.82, 2.24) is 19.9 Å². The Labute approximate surface area is 119 Å². The van der Waals surface area contributed by atoms with Gasteiger partial charge in [-0.25, -0.2) is 0 Å². The minimum Gasteiger partial charge on any atom is -0.354 e. The fraction of sp³-hybridized carbons (Fsp3) is 0.750. The van der Waals surface area contributed by atoms with E-state index in [1.807, 2.05) is 0 Å². The van der Waals surface area contributed by atoms with Gasteiger partial charge in [0.1, 0.15) is 0 Å². The number of nitrogens with zero attached hydrogens (tertiary/aromatic N) is 5. The van der Waals surface area contributed by atoms with Crippen LogP contribution in [0.4, 0.5) is 11.9 Å². The van der Waals surface area contributed by atoms with Gasteiger partial charge in [0, 0.05) is 25.7 Å². The molecule has 0 bridgehead atoms. The highest BCUT2D eigenvalue weighted by atomic mass is 35.5. The molecule has 1 aliphatic heterocycles. The highest BCUT2D eigenvalue weighted by Gasteiger charge is 2.26. The quantitative estimate of drug-likeness (QED) is 0.884. The number of likely N-dealkylation sites (N-methyl/N-ethyl adjacent to an activating group) is 1. The molecule has 1 aliphatic rings. The van der Waals surface area contributed by atoms with E-state index in [1.165, 1.54) is 0 Å². The lowest BCUT2D eigenvalue weighted by Crippen LogP contribution is -2.32. The lowest BCUT2D eigenvalue weighted by Gasteiger charge is -2.20. The molecule has 0 saturated carbocycles. The summed E-state index contributed by atoms with van der Waals surface area (Å²) >= 11 is 5.97. The van der Waals surface area contributed by atoms with Crippen LogP contribution < -0.4 is 10.2 Å². The van der Waals surface area contributed by atoms with Crippen molar-refractivity contribution >= 4 is 23.5 Å². The van der Waals surface area contributed by atoms with E-state index in [4.69, 9.17) is 11.6 Å². The van der Waals surface area contributed by atoms with Gasteiger partial charge in [-0.05, 0) is 38.5 Å². The van der Waals surface area contributed by atoms with Crippen LogP contribution in [-0.2, 0) is 0 Å². The SMILES string of the molecule is CCCNc1nc(Cl)nc(N2CCC(N(C)C)C2)n1. The zero-order valence-corrected chi connectivity index (χ0v) is 12.5. The molecule has 6 nitrogen and oxygen atoms in total. The van der Waals surface area contributed by atoms with Crippen molar-refractivity contribution in [2.24, 2.45) is 0 Å². The van der Waals surface area contributed by atoms with Crippen molar-refractivity contribution in [1.29, 1.82) is 0 Å². The summed E-state index contributed by atoms with van der Waals surface area (Å²) in [6.07, 6.45) is 2.14. The summed E-state index contributed by atoms with van der Waals surface area (Å²) in [4.78, 5) is 17.2. The van der Waals surface area contributed by atoms with Crippen LogP contribution in [0.25, 0.3) is 0 Å². The van der Waals surface area contributed by atoms with E-state index in [0.717, 1.165) is 32.5 Å². The molecule has 1 unspecified atom stereocenters. The lowest BCUT2D eigenvalue weighted by molar-refractivity contribution is 0.315. The van der Waals surface area contributed by atoms with Crippen LogP contribution in [0.3, 0.4) is 0 Å². The number of hydrogen-bond donors (Lipinski definition) is 1. The van der Waals surface area contributed by atoms with Gasteiger partial charge in [0.15, 0.2) is 0 Å². The van der Waals surface area contributed by atoms with Gasteiger partial charge in [-0.2, -0.15) is 15.0 Å². The van der Waals surface area contributed by atoms with Gasteiger partial charge < -0.3 is 15.1 Å². The number of rotatable bonds is 5. The highest BCUT2D eigenvalue weighted by molar-refractivity contribution is 6.28. The first kappa shape index (κ1) is 14.3. The molecule has 1 atom stereocenters. The molecule has 0 aromatic carbocycles. The Balaban J connectivity index is 2.09. The molecule has 2 rings (SSSR count). The molecule has 0 spiro atoms. The Morgan fingerprint density at radius 2 is 2.16 bits per heavy atom. The third-order valence-corrected chi connectivity index (χ3v) is 3.47. The van der Waals surface area contributed by atoms with Gasteiger partial charge in [0.2, 0.25) is 17.2 Å². The molecule has 19 heavy (non-hydrogen) atoms. The van der Waals surface area contributed by atoms with Crippen LogP contribution >= 0.6 is 11.6 Å². The minimum absolute atomic E-state index is 0.247. The number of halogens is 1. The van der Waals surface area contributed by atoms with Crippen LogP contribution in [-0.4, -0.2) is 59.6 Å². The van der Waals surface area contributed by atoms with Crippen molar-refractivity contribution < 1.29 is 0 Å². The van der Waals surface area contributed by atoms with Gasteiger partial charge in [-0.1, -0.05) is 6.92 Å². The summed E-state index contributed by atoms with van der Waals surface area (Å²) in [5, 5.41) is 3.40. The smallest absolute Gasteiger partial charge is 0.231 e. The van der Waals surface area contributed by atoms with Crippen molar-refractivity contribution in [2.75, 3.05) is 43.9 Å². The van der Waals surface area contributed by atoms with Crippen LogP contribution in [0.5, 0.6) is 0 Å². The maximum atomic E-state index is 5.97. The van der Waals surface area contributed by atoms with Crippen LogP contribution in [0.15, 0.2) is 0 Å². The Morgan fingerprint density at radius 3 is 2.79 bits per heavy atom. The maximum Gasteiger partial charge on any atom is 0.231 e. The largest absolute Gasteiger partial charge is 0.354 e. The van der Waals surface area contributed by atoms with E-state index >= 15 is 0 Å². The van der Waals surface area contributed by atoms with Gasteiger partial charge in [0.05, 0.1) is 0 Å². The first-order valence-corrected chi connectivity index (χ1v) is 7.04. The Morgan fingerprint density at radius 1 is 1.37 bits per heavy atom. The predicted octanol–water partition coefficient (Wildman–Crippen LogP) is 1.49. The second kappa shape index (κ2) is 6.34. The third kappa shape index (κ3) is 3.67. The minimum atomic E-state index is 0.247. The topological polar surface area (TPSA) is 57.2 Å². The fourth-order valence-electron chi connectivity index (χ4n) is 2.14. The third-order valence-electron chi connectivity index (χ3n) is 3.31. The summed E-state index contributed by atoms with van der Waals surface area (Å²) in [7, 11) is 4.20. The lowest BCUT2D eigenvalue weighted by atomic mass is 10.2. The molecule has 2 heterocycles. The molecule has 1 N–H and O–H groups in total. The van der Waals surface area contributed by atoms with Crippen molar-refractivity contribution in [3.8, 4) is 0 Å². The average molecular weight is 285 g/mol. The molecule has 1 aromatic heterocycles. The van der Waals surface area contributed by atoms with E-state index in [2.05, 4.69) is 51.1 Å². The molecule has 0 amide bonds. The number of aromatic nitrogens is 3. The van der Waals surface area contributed by atoms with E-state index in [0.29, 0.717) is 17.9 Å². The van der Waals surface area contributed by atoms with Crippen molar-refractivity contribution in [3.05, 3.63) is 5.28 Å². The second-order valence-electron chi connectivity index (χ2n) is 5.01. The highest BCUT2D eigenvalue weighted by Crippen LogP contribution is 2.20. The van der Waals surface area contributed by atoms with Gasteiger partial charge in [-0.15, -0.1) is 0 Å². The monoisotopic (exact) mass is 284 g/mol. The second-order valence-corrected chi connectivity index (χ2v) is 5.35. The summed E-state index contributed by atoms with van der Waals surface area (Å²) in [5.74, 6) is 1.23. The molecular weight excluding hydrogens is 264 g/mol. The molecule has 0 radical (unpaired) electrons. The standard InChI is InChI=1S/C12H21ClN6/c1-4-6-14-11-15-10(13)16-12(17-11)19-7-5-9(8-19)18(2)3/h9H,4-8H2,1-3H3,(H,14,15,16,17). The van der Waals surface area contributed by atoms with Crippen LogP contribution in [0, 0.1) is 0 Å². The normalized spacial score (nSPS) is 19.2. The summed E-state index contributed by atoms with van der Waals surface area (Å²) in [6.45, 7) is 4.82. The van der Waals surface area contributed by atoms with E-state index < -0.39 is 0 Å². The Hall–Kier alpha value is -1.14. The summed E-state index contributed by atoms with van der Waals surface area (Å²) < 4.78 is 0. The first-order valence-electron chi connectivity index (χ1n) is 6.67. The van der Waals surface area contributed by atoms with E-state index in [-0.39, 0.29) is 5.28 Å². The zero-order valence-electron chi connectivity index (χ0n) is 11.7. The average Bonchev–Trinajstić information content (AvgIpc) is 2.85. The molecule has 0 aliphatic carbocycles. The first-order chi connectivity index (χ1) is 9.10. The van der Waals surface area contributed by atoms with E-state index in [9.17, 15) is 0 Å². The van der Waals surface area contributed by atoms with Gasteiger partial charge in [-0.3, -0.25) is 0 Å². The van der Waals surface area contributed by atoms with Crippen molar-refractivity contribution in [2.45, 2.75) is 25.8 Å². The molecule has 7 heteroatoms. The molecular formula is C12H21ClN6. The summed E-state index contributed by atoms with van der Waals surface area (Å²) in [6, 6.07) is 0.544. The molecule has 1 fully saturated rings. The van der Waals surface area contributed by atoms with Gasteiger partial charge >= 0.3 is 0 Å². The molecule has 1 aromatic rings. The Kier molecular flexibility index (Phi) is 4.76. The van der Waals surface area contributed by atoms with Crippen molar-refractivity contribution in [3.63, 3.8) is 0 Å². The summed E-state index contributed by atoms with van der Waals surface area (Å²) in [5.41, 5.74) is 0. The van der Waals surface area contributed by atoms with Gasteiger partial charge in [0.25, 0.3) is 0 Å². The fourth-order valence-corrected chi connectivity index (χ4v) is 2.30. The molecule has 106 valence electrons. The van der Waals surface area contributed by atoms with Crippen LogP contribution in [0.2, 0.25) is 5.28 Å². The Bertz CT molecular complexity index is 425. The molecule has 1 saturated heterocycles.